The number of nitrogens with zero attached hydrogens (tertiary/aromatic N) is 2. The van der Waals surface area contributed by atoms with Crippen molar-refractivity contribution < 1.29 is 30.8 Å². The normalized spacial score (nSPS) is 20.6. The quantitative estimate of drug-likeness (QED) is 0.649. The van der Waals surface area contributed by atoms with E-state index in [9.17, 15) is 26.0 Å². The van der Waals surface area contributed by atoms with E-state index in [0.29, 0.717) is 26.1 Å². The first-order valence-corrected chi connectivity index (χ1v) is 13.3. The Bertz CT molecular complexity index is 1230. The van der Waals surface area contributed by atoms with Gasteiger partial charge >= 0.3 is 0 Å². The molecule has 1 atom stereocenters. The van der Waals surface area contributed by atoms with Gasteiger partial charge in [0.15, 0.2) is 0 Å². The lowest BCUT2D eigenvalue weighted by Gasteiger charge is -2.26. The third kappa shape index (κ3) is 4.94. The molecule has 2 aliphatic heterocycles. The highest BCUT2D eigenvalue weighted by Crippen LogP contribution is 2.28. The van der Waals surface area contributed by atoms with E-state index in [-0.39, 0.29) is 35.1 Å². The summed E-state index contributed by atoms with van der Waals surface area (Å²) in [7, 11) is -7.74. The summed E-state index contributed by atoms with van der Waals surface area (Å²) >= 11 is 0. The van der Waals surface area contributed by atoms with Crippen LogP contribution in [0.4, 0.5) is 10.1 Å². The first-order chi connectivity index (χ1) is 15.7. The number of benzene rings is 2. The maximum atomic E-state index is 13.2. The zero-order chi connectivity index (χ0) is 23.6. The van der Waals surface area contributed by atoms with Crippen LogP contribution in [0.1, 0.15) is 12.8 Å². The number of hydrogen-bond donors (Lipinski definition) is 1. The third-order valence-corrected chi connectivity index (χ3v) is 9.45. The monoisotopic (exact) mass is 497 g/mol. The molecule has 2 saturated heterocycles. The lowest BCUT2D eigenvalue weighted by Crippen LogP contribution is -2.43. The van der Waals surface area contributed by atoms with Crippen molar-refractivity contribution in [1.82, 2.24) is 8.61 Å². The van der Waals surface area contributed by atoms with E-state index in [2.05, 4.69) is 5.32 Å². The van der Waals surface area contributed by atoms with Crippen molar-refractivity contribution in [2.45, 2.75) is 28.7 Å². The van der Waals surface area contributed by atoms with Crippen LogP contribution in [-0.2, 0) is 29.6 Å². The van der Waals surface area contributed by atoms with E-state index >= 15 is 0 Å². The second-order valence-corrected chi connectivity index (χ2v) is 11.6. The summed E-state index contributed by atoms with van der Waals surface area (Å²) in [6, 6.07) is 9.35. The number of carbonyl (C=O) groups excluding carboxylic acids is 1. The van der Waals surface area contributed by atoms with Crippen LogP contribution in [-0.4, -0.2) is 70.2 Å². The Morgan fingerprint density at radius 3 is 2.33 bits per heavy atom. The molecule has 0 saturated carbocycles. The number of rotatable bonds is 6. The molecule has 4 rings (SSSR count). The minimum Gasteiger partial charge on any atom is -0.379 e. The van der Waals surface area contributed by atoms with Crippen molar-refractivity contribution in [3.63, 3.8) is 0 Å². The van der Waals surface area contributed by atoms with E-state index in [1.54, 1.807) is 6.07 Å². The Hall–Kier alpha value is -2.38. The molecule has 178 valence electrons. The molecule has 2 heterocycles. The number of ether oxygens (including phenoxy) is 1. The van der Waals surface area contributed by atoms with Crippen LogP contribution in [0.3, 0.4) is 0 Å². The zero-order valence-corrected chi connectivity index (χ0v) is 19.3. The van der Waals surface area contributed by atoms with Gasteiger partial charge in [-0.25, -0.2) is 21.2 Å². The van der Waals surface area contributed by atoms with Crippen LogP contribution in [0.25, 0.3) is 0 Å². The van der Waals surface area contributed by atoms with Gasteiger partial charge in [-0.15, -0.1) is 0 Å². The highest BCUT2D eigenvalue weighted by Gasteiger charge is 2.39. The third-order valence-electron chi connectivity index (χ3n) is 5.64. The van der Waals surface area contributed by atoms with Crippen LogP contribution in [0.5, 0.6) is 0 Å². The predicted molar refractivity (Wildman–Crippen MR) is 118 cm³/mol. The van der Waals surface area contributed by atoms with E-state index in [1.165, 1.54) is 22.5 Å². The van der Waals surface area contributed by atoms with E-state index in [0.717, 1.165) is 28.6 Å². The molecule has 2 aromatic carbocycles. The van der Waals surface area contributed by atoms with Gasteiger partial charge in [0, 0.05) is 25.3 Å². The summed E-state index contributed by atoms with van der Waals surface area (Å²) in [6.07, 6.45) is 0.808. The zero-order valence-electron chi connectivity index (χ0n) is 17.7. The summed E-state index contributed by atoms with van der Waals surface area (Å²) in [6.45, 7) is 1.28. The van der Waals surface area contributed by atoms with Crippen molar-refractivity contribution in [2.24, 2.45) is 0 Å². The molecule has 9 nitrogen and oxygen atoms in total. The lowest BCUT2D eigenvalue weighted by molar-refractivity contribution is -0.119. The first kappa shape index (κ1) is 23.8. The topological polar surface area (TPSA) is 113 Å². The molecular formula is C21H24FN3O6S2. The van der Waals surface area contributed by atoms with E-state index in [1.807, 2.05) is 0 Å². The molecule has 1 N–H and O–H groups in total. The molecular weight excluding hydrogens is 473 g/mol. The van der Waals surface area contributed by atoms with Gasteiger partial charge in [-0.2, -0.15) is 8.61 Å². The maximum Gasteiger partial charge on any atom is 0.243 e. The summed E-state index contributed by atoms with van der Waals surface area (Å²) in [4.78, 5) is 12.9. The van der Waals surface area contributed by atoms with Crippen molar-refractivity contribution in [1.29, 1.82) is 0 Å². The molecule has 0 spiro atoms. The molecule has 2 aliphatic rings. The fourth-order valence-electron chi connectivity index (χ4n) is 3.93. The van der Waals surface area contributed by atoms with Gasteiger partial charge in [-0.3, -0.25) is 4.79 Å². The van der Waals surface area contributed by atoms with Gasteiger partial charge in [0.2, 0.25) is 26.0 Å². The molecule has 33 heavy (non-hydrogen) atoms. The maximum absolute atomic E-state index is 13.2. The molecule has 12 heteroatoms. The Labute approximate surface area is 192 Å². The Balaban J connectivity index is 1.52. The molecule has 0 unspecified atom stereocenters. The number of anilines is 1. The molecule has 0 radical (unpaired) electrons. The number of carbonyl (C=O) groups is 1. The number of hydrogen-bond acceptors (Lipinski definition) is 6. The van der Waals surface area contributed by atoms with Gasteiger partial charge in [-0.1, -0.05) is 6.07 Å². The van der Waals surface area contributed by atoms with Gasteiger partial charge in [0.1, 0.15) is 11.9 Å². The largest absolute Gasteiger partial charge is 0.379 e. The fourth-order valence-corrected chi connectivity index (χ4v) is 7.04. The molecule has 2 aromatic rings. The van der Waals surface area contributed by atoms with Crippen LogP contribution in [0, 0.1) is 5.82 Å². The summed E-state index contributed by atoms with van der Waals surface area (Å²) < 4.78 is 72.6. The Morgan fingerprint density at radius 1 is 0.939 bits per heavy atom. The number of amides is 1. The van der Waals surface area contributed by atoms with Gasteiger partial charge in [0.05, 0.1) is 23.0 Å². The number of morpholine rings is 1. The Morgan fingerprint density at radius 2 is 1.64 bits per heavy atom. The van der Waals surface area contributed by atoms with Crippen LogP contribution >= 0.6 is 0 Å². The molecule has 0 bridgehead atoms. The van der Waals surface area contributed by atoms with Gasteiger partial charge < -0.3 is 10.1 Å². The molecule has 0 aliphatic carbocycles. The number of nitrogens with one attached hydrogen (secondary N) is 1. The van der Waals surface area contributed by atoms with Crippen LogP contribution in [0.2, 0.25) is 0 Å². The van der Waals surface area contributed by atoms with Crippen LogP contribution in [0.15, 0.2) is 58.3 Å². The highest BCUT2D eigenvalue weighted by atomic mass is 32.2. The highest BCUT2D eigenvalue weighted by molar-refractivity contribution is 7.89. The average molecular weight is 498 g/mol. The standard InChI is InChI=1S/C21H24FN3O6S2/c22-16-6-8-18(9-7-16)33(29,30)25-10-2-5-20(25)21(26)23-17-3-1-4-19(15-17)32(27,28)24-11-13-31-14-12-24/h1,3-4,6-9,15,20H,2,5,10-14H2,(H,23,26)/t20-/m1/s1. The Kier molecular flexibility index (Phi) is 6.82. The van der Waals surface area contributed by atoms with Gasteiger partial charge in [-0.05, 0) is 55.3 Å². The van der Waals surface area contributed by atoms with E-state index in [4.69, 9.17) is 4.74 Å². The SMILES string of the molecule is O=C(Nc1cccc(S(=O)(=O)N2CCOCC2)c1)[C@H]1CCCN1S(=O)(=O)c1ccc(F)cc1. The van der Waals surface area contributed by atoms with Crippen molar-refractivity contribution in [3.05, 3.63) is 54.3 Å². The smallest absolute Gasteiger partial charge is 0.243 e. The molecule has 2 fully saturated rings. The summed E-state index contributed by atoms with van der Waals surface area (Å²) in [5.41, 5.74) is 0.250. The lowest BCUT2D eigenvalue weighted by atomic mass is 10.2. The number of sulfonamides is 2. The first-order valence-electron chi connectivity index (χ1n) is 10.5. The van der Waals surface area contributed by atoms with Crippen molar-refractivity contribution in [2.75, 3.05) is 38.2 Å². The minimum atomic E-state index is -4.00. The second kappa shape index (κ2) is 9.47. The van der Waals surface area contributed by atoms with Crippen molar-refractivity contribution in [3.8, 4) is 0 Å². The second-order valence-electron chi connectivity index (χ2n) is 7.76. The predicted octanol–water partition coefficient (Wildman–Crippen LogP) is 1.64. The average Bonchev–Trinajstić information content (AvgIpc) is 3.31. The fraction of sp³-hybridized carbons (Fsp3) is 0.381. The molecule has 0 aromatic heterocycles. The molecule has 1 amide bonds. The summed E-state index contributed by atoms with van der Waals surface area (Å²) in [5.74, 6) is -1.12. The van der Waals surface area contributed by atoms with E-state index < -0.39 is 37.8 Å². The van der Waals surface area contributed by atoms with Gasteiger partial charge in [0.25, 0.3) is 0 Å². The summed E-state index contributed by atoms with van der Waals surface area (Å²) in [5, 5.41) is 2.65. The number of halogens is 1. The van der Waals surface area contributed by atoms with Crippen LogP contribution < -0.4 is 5.32 Å². The van der Waals surface area contributed by atoms with Crippen molar-refractivity contribution >= 4 is 31.6 Å². The minimum absolute atomic E-state index is 0.0319.